The molecule has 2 aromatic heterocycles. The van der Waals surface area contributed by atoms with E-state index in [-0.39, 0.29) is 11.8 Å². The fraction of sp³-hybridized carbons (Fsp3) is 0.259. The van der Waals surface area contributed by atoms with Crippen LogP contribution < -0.4 is 0 Å². The second kappa shape index (κ2) is 8.97. The van der Waals surface area contributed by atoms with Gasteiger partial charge in [-0.2, -0.15) is 0 Å². The van der Waals surface area contributed by atoms with Crippen molar-refractivity contribution in [1.29, 1.82) is 0 Å². The maximum absolute atomic E-state index is 13.1. The van der Waals surface area contributed by atoms with Gasteiger partial charge in [-0.15, -0.1) is 0 Å². The van der Waals surface area contributed by atoms with Crippen molar-refractivity contribution in [3.8, 4) is 11.1 Å². The second-order valence-corrected chi connectivity index (χ2v) is 8.70. The minimum Gasteiger partial charge on any atom is -0.361 e. The predicted molar refractivity (Wildman–Crippen MR) is 128 cm³/mol. The van der Waals surface area contributed by atoms with Crippen LogP contribution in [0.15, 0.2) is 79.3 Å². The van der Waals surface area contributed by atoms with Crippen molar-refractivity contribution in [3.05, 3.63) is 90.4 Å². The highest BCUT2D eigenvalue weighted by molar-refractivity contribution is 5.83. The molecule has 0 spiro atoms. The van der Waals surface area contributed by atoms with Crippen LogP contribution in [-0.2, 0) is 17.8 Å². The molecule has 3 heterocycles. The third-order valence-electron chi connectivity index (χ3n) is 6.43. The summed E-state index contributed by atoms with van der Waals surface area (Å²) >= 11 is 0. The number of hydrogen-bond acceptors (Lipinski definition) is 3. The summed E-state index contributed by atoms with van der Waals surface area (Å²) in [5, 5.41) is 1.26. The number of carbonyl (C=O) groups is 1. The lowest BCUT2D eigenvalue weighted by atomic mass is 9.95. The molecular weight excluding hydrogens is 396 g/mol. The summed E-state index contributed by atoms with van der Waals surface area (Å²) in [6.07, 6.45) is 6.51. The first-order valence-corrected chi connectivity index (χ1v) is 11.2. The number of amides is 1. The molecule has 1 saturated heterocycles. The molecule has 0 radical (unpaired) electrons. The molecule has 5 nitrogen and oxygen atoms in total. The number of para-hydroxylation sites is 1. The molecule has 0 unspecified atom stereocenters. The van der Waals surface area contributed by atoms with E-state index in [1.165, 1.54) is 16.5 Å². The normalized spacial score (nSPS) is 17.6. The number of likely N-dealkylation sites (N-methyl/N-ethyl adjacent to an activating group) is 1. The number of rotatable bonds is 5. The number of carbonyl (C=O) groups excluding carboxylic acids is 1. The lowest BCUT2D eigenvalue weighted by Crippen LogP contribution is -2.34. The largest absolute Gasteiger partial charge is 0.361 e. The summed E-state index contributed by atoms with van der Waals surface area (Å²) in [5.41, 5.74) is 5.87. The SMILES string of the molecule is CN1CCN(Cc2c[nH]c3ccccc23)C[C@@H](Cc2cccc(-c3cccnc3)c2)C1=O. The quantitative estimate of drug-likeness (QED) is 0.518. The average molecular weight is 425 g/mol. The molecule has 0 aliphatic carbocycles. The van der Waals surface area contributed by atoms with Gasteiger partial charge in [0.15, 0.2) is 0 Å². The van der Waals surface area contributed by atoms with E-state index < -0.39 is 0 Å². The first-order chi connectivity index (χ1) is 15.7. The molecule has 1 aliphatic rings. The highest BCUT2D eigenvalue weighted by atomic mass is 16.2. The van der Waals surface area contributed by atoms with Crippen LogP contribution in [0.3, 0.4) is 0 Å². The molecule has 4 aromatic rings. The zero-order valence-corrected chi connectivity index (χ0v) is 18.4. The minimum atomic E-state index is -0.0585. The summed E-state index contributed by atoms with van der Waals surface area (Å²) in [6, 6.07) is 20.9. The van der Waals surface area contributed by atoms with Gasteiger partial charge in [-0.05, 0) is 40.8 Å². The Morgan fingerprint density at radius 3 is 2.78 bits per heavy atom. The molecule has 162 valence electrons. The Balaban J connectivity index is 1.36. The first kappa shape index (κ1) is 20.5. The Morgan fingerprint density at radius 2 is 1.91 bits per heavy atom. The molecular formula is C27H28N4O. The Labute approximate surface area is 188 Å². The predicted octanol–water partition coefficient (Wildman–Crippen LogP) is 4.36. The van der Waals surface area contributed by atoms with E-state index in [2.05, 4.69) is 75.7 Å². The van der Waals surface area contributed by atoms with Gasteiger partial charge in [0.05, 0.1) is 5.92 Å². The number of benzene rings is 2. The van der Waals surface area contributed by atoms with Crippen molar-refractivity contribution in [3.63, 3.8) is 0 Å². The van der Waals surface area contributed by atoms with Gasteiger partial charge < -0.3 is 9.88 Å². The summed E-state index contributed by atoms with van der Waals surface area (Å²) in [5.74, 6) is 0.176. The molecule has 5 rings (SSSR count). The molecule has 1 N–H and O–H groups in total. The van der Waals surface area contributed by atoms with Gasteiger partial charge in [0.2, 0.25) is 5.91 Å². The van der Waals surface area contributed by atoms with Crippen molar-refractivity contribution in [2.45, 2.75) is 13.0 Å². The molecule has 1 atom stereocenters. The zero-order valence-electron chi connectivity index (χ0n) is 18.4. The van der Waals surface area contributed by atoms with Crippen LogP contribution in [-0.4, -0.2) is 52.4 Å². The highest BCUT2D eigenvalue weighted by Gasteiger charge is 2.29. The van der Waals surface area contributed by atoms with Gasteiger partial charge in [0.1, 0.15) is 0 Å². The van der Waals surface area contributed by atoms with Gasteiger partial charge in [0, 0.05) is 62.7 Å². The second-order valence-electron chi connectivity index (χ2n) is 8.70. The Morgan fingerprint density at radius 1 is 1.03 bits per heavy atom. The van der Waals surface area contributed by atoms with Crippen LogP contribution in [0, 0.1) is 5.92 Å². The molecule has 2 aromatic carbocycles. The molecule has 0 bridgehead atoms. The average Bonchev–Trinajstić information content (AvgIpc) is 3.19. The fourth-order valence-electron chi connectivity index (χ4n) is 4.69. The van der Waals surface area contributed by atoms with Gasteiger partial charge in [0.25, 0.3) is 0 Å². The topological polar surface area (TPSA) is 52.2 Å². The van der Waals surface area contributed by atoms with E-state index >= 15 is 0 Å². The number of hydrogen-bond donors (Lipinski definition) is 1. The van der Waals surface area contributed by atoms with Crippen LogP contribution in [0.1, 0.15) is 11.1 Å². The number of H-pyrrole nitrogens is 1. The number of pyridine rings is 1. The van der Waals surface area contributed by atoms with Crippen LogP contribution in [0.2, 0.25) is 0 Å². The summed E-state index contributed by atoms with van der Waals surface area (Å²) in [7, 11) is 1.93. The van der Waals surface area contributed by atoms with Crippen LogP contribution in [0.4, 0.5) is 0 Å². The Bertz CT molecular complexity index is 1220. The molecule has 5 heteroatoms. The Kier molecular flexibility index (Phi) is 5.73. The lowest BCUT2D eigenvalue weighted by Gasteiger charge is -2.23. The third-order valence-corrected chi connectivity index (χ3v) is 6.43. The van der Waals surface area contributed by atoms with Crippen LogP contribution in [0.5, 0.6) is 0 Å². The number of nitrogens with one attached hydrogen (secondary N) is 1. The number of aromatic amines is 1. The molecule has 32 heavy (non-hydrogen) atoms. The van der Waals surface area contributed by atoms with E-state index in [0.717, 1.165) is 49.2 Å². The molecule has 0 saturated carbocycles. The first-order valence-electron chi connectivity index (χ1n) is 11.2. The highest BCUT2D eigenvalue weighted by Crippen LogP contribution is 2.24. The maximum Gasteiger partial charge on any atom is 0.227 e. The lowest BCUT2D eigenvalue weighted by molar-refractivity contribution is -0.133. The van der Waals surface area contributed by atoms with E-state index in [4.69, 9.17) is 0 Å². The van der Waals surface area contributed by atoms with Crippen molar-refractivity contribution in [1.82, 2.24) is 19.8 Å². The third kappa shape index (κ3) is 4.30. The Hall–Kier alpha value is -3.44. The number of fused-ring (bicyclic) bond motifs is 1. The van der Waals surface area contributed by atoms with Crippen molar-refractivity contribution < 1.29 is 4.79 Å². The van der Waals surface area contributed by atoms with Gasteiger partial charge in [-0.1, -0.05) is 48.5 Å². The standard InChI is InChI=1S/C27H28N4O/c1-30-12-13-31(19-24-17-29-26-10-3-2-9-25(24)26)18-23(27(30)32)15-20-6-4-7-21(14-20)22-8-5-11-28-16-22/h2-11,14,16-17,23,29H,12-13,15,18-19H2,1H3/t23-/m1/s1. The van der Waals surface area contributed by atoms with Crippen LogP contribution in [0.25, 0.3) is 22.0 Å². The monoisotopic (exact) mass is 424 g/mol. The van der Waals surface area contributed by atoms with E-state index in [1.54, 1.807) is 6.20 Å². The molecule has 1 fully saturated rings. The molecule has 1 amide bonds. The van der Waals surface area contributed by atoms with Gasteiger partial charge >= 0.3 is 0 Å². The van der Waals surface area contributed by atoms with Gasteiger partial charge in [-0.3, -0.25) is 14.7 Å². The van der Waals surface area contributed by atoms with Crippen LogP contribution >= 0.6 is 0 Å². The minimum absolute atomic E-state index is 0.0585. The summed E-state index contributed by atoms with van der Waals surface area (Å²) < 4.78 is 0. The number of aromatic nitrogens is 2. The van der Waals surface area contributed by atoms with Crippen molar-refractivity contribution >= 4 is 16.8 Å². The van der Waals surface area contributed by atoms with Gasteiger partial charge in [-0.25, -0.2) is 0 Å². The number of nitrogens with zero attached hydrogens (tertiary/aromatic N) is 3. The van der Waals surface area contributed by atoms with E-state index in [1.807, 2.05) is 24.2 Å². The van der Waals surface area contributed by atoms with E-state index in [0.29, 0.717) is 0 Å². The summed E-state index contributed by atoms with van der Waals surface area (Å²) in [6.45, 7) is 3.25. The smallest absolute Gasteiger partial charge is 0.227 e. The maximum atomic E-state index is 13.1. The molecule has 1 aliphatic heterocycles. The van der Waals surface area contributed by atoms with Crippen molar-refractivity contribution in [2.24, 2.45) is 5.92 Å². The zero-order chi connectivity index (χ0) is 21.9. The summed E-state index contributed by atoms with van der Waals surface area (Å²) in [4.78, 5) is 25.1. The fourth-order valence-corrected chi connectivity index (χ4v) is 4.69. The van der Waals surface area contributed by atoms with Crippen molar-refractivity contribution in [2.75, 3.05) is 26.7 Å². The van der Waals surface area contributed by atoms with E-state index in [9.17, 15) is 4.79 Å².